The molecule has 1 saturated heterocycles. The van der Waals surface area contributed by atoms with E-state index in [1.807, 2.05) is 48.7 Å². The van der Waals surface area contributed by atoms with Crippen molar-refractivity contribution in [3.63, 3.8) is 0 Å². The number of aryl methyl sites for hydroxylation is 2. The van der Waals surface area contributed by atoms with E-state index in [9.17, 15) is 9.00 Å². The summed E-state index contributed by atoms with van der Waals surface area (Å²) >= 11 is 0. The fraction of sp³-hybridized carbons (Fsp3) is 0.435. The summed E-state index contributed by atoms with van der Waals surface area (Å²) in [4.78, 5) is 21.7. The molecule has 1 N–H and O–H groups in total. The van der Waals surface area contributed by atoms with Gasteiger partial charge in [-0.15, -0.1) is 0 Å². The molecule has 292 valence electrons. The van der Waals surface area contributed by atoms with Crippen molar-refractivity contribution >= 4 is 34.2 Å². The van der Waals surface area contributed by atoms with Gasteiger partial charge in [0.1, 0.15) is 12.4 Å². The van der Waals surface area contributed by atoms with Crippen LogP contribution in [0.3, 0.4) is 0 Å². The van der Waals surface area contributed by atoms with Crippen LogP contribution in [0.15, 0.2) is 89.5 Å². The molecule has 1 atom stereocenters. The first-order chi connectivity index (χ1) is 26.9. The van der Waals surface area contributed by atoms with Crippen molar-refractivity contribution in [3.8, 4) is 16.9 Å². The molecule has 0 bridgehead atoms. The summed E-state index contributed by atoms with van der Waals surface area (Å²) in [5, 5.41) is 3.14. The van der Waals surface area contributed by atoms with Gasteiger partial charge in [0.05, 0.1) is 23.2 Å². The minimum Gasteiger partial charge on any atom is -0.491 e. The molecule has 4 aromatic rings. The number of rotatable bonds is 17. The number of carbonyl (C=O) groups excluding carboxylic acids is 1. The Bertz CT molecular complexity index is 1880. The molecule has 1 aromatic heterocycles. The average Bonchev–Trinajstić information content (AvgIpc) is 3.21. The first kappa shape index (κ1) is 40.4. The Morgan fingerprint density at radius 3 is 2.45 bits per heavy atom. The lowest BCUT2D eigenvalue weighted by Crippen LogP contribution is -2.34. The summed E-state index contributed by atoms with van der Waals surface area (Å²) < 4.78 is 30.7. The summed E-state index contributed by atoms with van der Waals surface area (Å²) in [6, 6.07) is 24.3. The molecule has 3 heterocycles. The lowest BCUT2D eigenvalue weighted by atomic mass is 9.94. The van der Waals surface area contributed by atoms with Crippen molar-refractivity contribution in [2.24, 2.45) is 5.92 Å². The second-order valence-corrected chi connectivity index (χ2v) is 15.9. The zero-order valence-corrected chi connectivity index (χ0v) is 33.6. The summed E-state index contributed by atoms with van der Waals surface area (Å²) in [6.07, 6.45) is 11.5. The van der Waals surface area contributed by atoms with E-state index in [4.69, 9.17) is 14.2 Å². The number of hydrogen-bond donors (Lipinski definition) is 1. The van der Waals surface area contributed by atoms with Gasteiger partial charge in [0.15, 0.2) is 0 Å². The van der Waals surface area contributed by atoms with Crippen molar-refractivity contribution < 1.29 is 23.2 Å². The van der Waals surface area contributed by atoms with Crippen LogP contribution in [0.2, 0.25) is 0 Å². The number of hydrogen-bond acceptors (Lipinski definition) is 7. The number of aromatic nitrogens is 1. The van der Waals surface area contributed by atoms with Gasteiger partial charge in [0.2, 0.25) is 0 Å². The van der Waals surface area contributed by atoms with Gasteiger partial charge in [-0.2, -0.15) is 0 Å². The maximum atomic E-state index is 13.9. The lowest BCUT2D eigenvalue weighted by Gasteiger charge is -2.33. The average molecular weight is 764 g/mol. The SMILES string of the molecule is CCCCOCCOc1ccc(-c2ccc3c(c2)/C=C(/C(=O)Nc2ccc(S(=O)Cc4c(CC)ccnc4CC)cc2)CCCN3CC2CCOCC2)cc1. The molecule has 0 aliphatic carbocycles. The minimum absolute atomic E-state index is 0.112. The van der Waals surface area contributed by atoms with Crippen LogP contribution in [0.4, 0.5) is 11.4 Å². The molecule has 55 heavy (non-hydrogen) atoms. The third-order valence-electron chi connectivity index (χ3n) is 10.6. The van der Waals surface area contributed by atoms with Gasteiger partial charge in [-0.1, -0.05) is 45.4 Å². The molecule has 0 saturated carbocycles. The van der Waals surface area contributed by atoms with E-state index in [1.165, 1.54) is 5.56 Å². The Labute approximate surface area is 330 Å². The molecule has 1 amide bonds. The number of unbranched alkanes of at least 4 members (excludes halogenated alkanes) is 1. The van der Waals surface area contributed by atoms with Crippen LogP contribution < -0.4 is 15.0 Å². The van der Waals surface area contributed by atoms with E-state index in [0.29, 0.717) is 37.0 Å². The van der Waals surface area contributed by atoms with Crippen LogP contribution in [0, 0.1) is 5.92 Å². The number of nitrogens with one attached hydrogen (secondary N) is 1. The van der Waals surface area contributed by atoms with Gasteiger partial charge in [-0.05, 0) is 139 Å². The number of anilines is 2. The van der Waals surface area contributed by atoms with Crippen LogP contribution in [-0.4, -0.2) is 61.2 Å². The summed E-state index contributed by atoms with van der Waals surface area (Å²) in [6.45, 7) is 11.7. The first-order valence-corrected chi connectivity index (χ1v) is 21.5. The van der Waals surface area contributed by atoms with Crippen molar-refractivity contribution in [3.05, 3.63) is 107 Å². The van der Waals surface area contributed by atoms with Crippen LogP contribution in [0.1, 0.15) is 81.7 Å². The number of ether oxygens (including phenoxy) is 3. The second-order valence-electron chi connectivity index (χ2n) is 14.5. The zero-order chi connectivity index (χ0) is 38.4. The highest BCUT2D eigenvalue weighted by molar-refractivity contribution is 7.84. The van der Waals surface area contributed by atoms with Crippen LogP contribution in [0.5, 0.6) is 5.75 Å². The molecule has 3 aromatic carbocycles. The van der Waals surface area contributed by atoms with E-state index < -0.39 is 10.8 Å². The van der Waals surface area contributed by atoms with Gasteiger partial charge in [0, 0.05) is 66.6 Å². The van der Waals surface area contributed by atoms with E-state index in [-0.39, 0.29) is 5.91 Å². The second kappa shape index (κ2) is 20.6. The highest BCUT2D eigenvalue weighted by Crippen LogP contribution is 2.34. The summed E-state index contributed by atoms with van der Waals surface area (Å²) in [7, 11) is -1.23. The maximum Gasteiger partial charge on any atom is 0.251 e. The third-order valence-corrected chi connectivity index (χ3v) is 12.0. The van der Waals surface area contributed by atoms with E-state index in [0.717, 1.165) is 128 Å². The number of pyridine rings is 1. The predicted molar refractivity (Wildman–Crippen MR) is 224 cm³/mol. The van der Waals surface area contributed by atoms with Crippen LogP contribution in [-0.2, 0) is 43.7 Å². The van der Waals surface area contributed by atoms with Gasteiger partial charge >= 0.3 is 0 Å². The topological polar surface area (TPSA) is 90.0 Å². The molecule has 0 radical (unpaired) electrons. The largest absolute Gasteiger partial charge is 0.491 e. The third kappa shape index (κ3) is 11.1. The molecule has 2 aliphatic heterocycles. The number of nitrogens with zero attached hydrogens (tertiary/aromatic N) is 2. The standard InChI is InChI=1S/C46H57N3O5S/c1-4-7-25-52-28-29-54-41-15-10-36(11-16-41)37-12-19-45-39(30-37)31-38(9-8-24-49(45)32-34-21-26-53-27-22-34)46(50)48-40-13-17-42(18-14-40)55(51)33-43-35(5-2)20-23-47-44(43)6-3/h10-20,23,30-31,34H,4-9,21-22,24-29,32-33H2,1-3H3,(H,48,50)/b38-31+. The fourth-order valence-electron chi connectivity index (χ4n) is 7.41. The summed E-state index contributed by atoms with van der Waals surface area (Å²) in [5.41, 5.74) is 9.08. The highest BCUT2D eigenvalue weighted by Gasteiger charge is 2.23. The molecule has 2 aliphatic rings. The van der Waals surface area contributed by atoms with Gasteiger partial charge in [-0.3, -0.25) is 14.0 Å². The highest BCUT2D eigenvalue weighted by atomic mass is 32.2. The Morgan fingerprint density at radius 2 is 1.71 bits per heavy atom. The number of amides is 1. The fourth-order valence-corrected chi connectivity index (χ4v) is 8.63. The maximum absolute atomic E-state index is 13.9. The molecule has 1 unspecified atom stereocenters. The molecular weight excluding hydrogens is 707 g/mol. The van der Waals surface area contributed by atoms with Crippen molar-refractivity contribution in [1.82, 2.24) is 4.98 Å². The van der Waals surface area contributed by atoms with E-state index >= 15 is 0 Å². The lowest BCUT2D eigenvalue weighted by molar-refractivity contribution is -0.112. The number of fused-ring (bicyclic) bond motifs is 1. The van der Waals surface area contributed by atoms with Gasteiger partial charge in [-0.25, -0.2) is 0 Å². The Balaban J connectivity index is 1.18. The monoisotopic (exact) mass is 763 g/mol. The van der Waals surface area contributed by atoms with E-state index in [2.05, 4.69) is 72.4 Å². The van der Waals surface area contributed by atoms with Crippen LogP contribution in [0.25, 0.3) is 17.2 Å². The van der Waals surface area contributed by atoms with Crippen molar-refractivity contribution in [1.29, 1.82) is 0 Å². The first-order valence-electron chi connectivity index (χ1n) is 20.2. The quantitative estimate of drug-likeness (QED) is 0.107. The van der Waals surface area contributed by atoms with Crippen molar-refractivity contribution in [2.75, 3.05) is 56.3 Å². The van der Waals surface area contributed by atoms with Gasteiger partial charge < -0.3 is 24.4 Å². The number of benzene rings is 3. The zero-order valence-electron chi connectivity index (χ0n) is 32.8. The van der Waals surface area contributed by atoms with E-state index in [1.54, 1.807) is 0 Å². The Hall–Kier alpha value is -4.31. The molecule has 8 nitrogen and oxygen atoms in total. The normalized spacial score (nSPS) is 16.3. The number of carbonyl (C=O) groups is 1. The van der Waals surface area contributed by atoms with Gasteiger partial charge in [0.25, 0.3) is 5.91 Å². The van der Waals surface area contributed by atoms with Crippen LogP contribution >= 0.6 is 0 Å². The molecule has 9 heteroatoms. The Kier molecular flexibility index (Phi) is 15.1. The molecule has 0 spiro atoms. The van der Waals surface area contributed by atoms with Crippen molar-refractivity contribution in [2.45, 2.75) is 82.8 Å². The molecule has 6 rings (SSSR count). The smallest absolute Gasteiger partial charge is 0.251 e. The Morgan fingerprint density at radius 1 is 0.927 bits per heavy atom. The molecular formula is C46H57N3O5S. The summed E-state index contributed by atoms with van der Waals surface area (Å²) in [5.74, 6) is 1.72. The molecule has 1 fully saturated rings. The predicted octanol–water partition coefficient (Wildman–Crippen LogP) is 9.43. The minimum atomic E-state index is -1.23.